The number of esters is 1. The topological polar surface area (TPSA) is 76.1 Å². The number of aliphatic hydroxyl groups is 1. The zero-order valence-electron chi connectivity index (χ0n) is 16.5. The lowest BCUT2D eigenvalue weighted by atomic mass is 10.0. The van der Waals surface area contributed by atoms with E-state index >= 15 is 0 Å². The van der Waals surface area contributed by atoms with Crippen molar-refractivity contribution in [1.82, 2.24) is 4.90 Å². The van der Waals surface area contributed by atoms with E-state index in [-0.39, 0.29) is 0 Å². The molecule has 1 amide bonds. The van der Waals surface area contributed by atoms with Gasteiger partial charge in [-0.1, -0.05) is 48.5 Å². The second kappa shape index (κ2) is 7.64. The summed E-state index contributed by atoms with van der Waals surface area (Å²) >= 11 is 0. The van der Waals surface area contributed by atoms with E-state index in [2.05, 4.69) is 0 Å². The van der Waals surface area contributed by atoms with Crippen molar-refractivity contribution in [2.75, 3.05) is 13.7 Å². The molecule has 0 spiro atoms. The van der Waals surface area contributed by atoms with Crippen LogP contribution in [0.2, 0.25) is 0 Å². The van der Waals surface area contributed by atoms with Gasteiger partial charge in [-0.3, -0.25) is 4.90 Å². The molecule has 0 bridgehead atoms. The van der Waals surface area contributed by atoms with Crippen LogP contribution in [0.3, 0.4) is 0 Å². The van der Waals surface area contributed by atoms with Crippen molar-refractivity contribution in [2.24, 2.45) is 0 Å². The molecule has 0 heterocycles. The summed E-state index contributed by atoms with van der Waals surface area (Å²) in [6.45, 7) is 4.64. The Morgan fingerprint density at radius 1 is 1.04 bits per heavy atom. The number of aliphatic hydroxyl groups excluding tert-OH is 1. The van der Waals surface area contributed by atoms with Crippen LogP contribution < -0.4 is 0 Å². The molecule has 0 aliphatic heterocycles. The molecule has 6 nitrogen and oxygen atoms in total. The van der Waals surface area contributed by atoms with Gasteiger partial charge in [0.05, 0.1) is 19.8 Å². The number of ether oxygens (including phenoxy) is 2. The van der Waals surface area contributed by atoms with E-state index < -0.39 is 36.4 Å². The highest BCUT2D eigenvalue weighted by atomic mass is 16.6. The number of rotatable bonds is 4. The minimum Gasteiger partial charge on any atom is -0.458 e. The summed E-state index contributed by atoms with van der Waals surface area (Å²) in [5, 5.41) is 10.0. The molecule has 2 aromatic carbocycles. The van der Waals surface area contributed by atoms with Crippen molar-refractivity contribution in [2.45, 2.75) is 38.5 Å². The lowest BCUT2D eigenvalue weighted by Gasteiger charge is -2.35. The Labute approximate surface area is 164 Å². The normalized spacial score (nSPS) is 14.0. The van der Waals surface area contributed by atoms with E-state index in [1.54, 1.807) is 20.8 Å². The molecule has 28 heavy (non-hydrogen) atoms. The molecule has 1 aliphatic carbocycles. The SMILES string of the molecule is COC(=O)N(C(CO)C(=O)OC(C)(C)C)C1c2ccccc2-c2ccccc21. The smallest absolute Gasteiger partial charge is 0.411 e. The monoisotopic (exact) mass is 383 g/mol. The van der Waals surface area contributed by atoms with E-state index in [9.17, 15) is 14.7 Å². The molecule has 1 unspecified atom stereocenters. The van der Waals surface area contributed by atoms with E-state index in [0.717, 1.165) is 22.3 Å². The first-order valence-electron chi connectivity index (χ1n) is 9.16. The lowest BCUT2D eigenvalue weighted by molar-refractivity contribution is -0.163. The van der Waals surface area contributed by atoms with Crippen molar-refractivity contribution in [3.63, 3.8) is 0 Å². The Morgan fingerprint density at radius 3 is 1.96 bits per heavy atom. The first-order valence-corrected chi connectivity index (χ1v) is 9.16. The maximum atomic E-state index is 12.8. The Balaban J connectivity index is 2.12. The fourth-order valence-corrected chi connectivity index (χ4v) is 3.59. The fraction of sp³-hybridized carbons (Fsp3) is 0.364. The maximum Gasteiger partial charge on any atom is 0.411 e. The second-order valence-corrected chi connectivity index (χ2v) is 7.69. The molecule has 1 atom stereocenters. The molecule has 0 fully saturated rings. The van der Waals surface area contributed by atoms with E-state index in [1.807, 2.05) is 48.5 Å². The van der Waals surface area contributed by atoms with Gasteiger partial charge in [0.25, 0.3) is 0 Å². The predicted octanol–water partition coefficient (Wildman–Crippen LogP) is 3.53. The molecule has 2 aromatic rings. The molecule has 0 saturated heterocycles. The largest absolute Gasteiger partial charge is 0.458 e. The van der Waals surface area contributed by atoms with Crippen molar-refractivity contribution in [1.29, 1.82) is 0 Å². The fourth-order valence-electron chi connectivity index (χ4n) is 3.59. The third-order valence-corrected chi connectivity index (χ3v) is 4.65. The summed E-state index contributed by atoms with van der Waals surface area (Å²) in [6.07, 6.45) is -0.707. The Kier molecular flexibility index (Phi) is 5.42. The quantitative estimate of drug-likeness (QED) is 0.818. The number of methoxy groups -OCH3 is 1. The average Bonchev–Trinajstić information content (AvgIpc) is 2.98. The molecular weight excluding hydrogens is 358 g/mol. The summed E-state index contributed by atoms with van der Waals surface area (Å²) in [4.78, 5) is 26.9. The van der Waals surface area contributed by atoms with Crippen LogP contribution >= 0.6 is 0 Å². The van der Waals surface area contributed by atoms with E-state index in [0.29, 0.717) is 0 Å². The molecule has 0 saturated carbocycles. The van der Waals surface area contributed by atoms with E-state index in [4.69, 9.17) is 9.47 Å². The van der Waals surface area contributed by atoms with Crippen molar-refractivity contribution in [3.8, 4) is 11.1 Å². The number of carbonyl (C=O) groups excluding carboxylic acids is 2. The zero-order chi connectivity index (χ0) is 20.5. The second-order valence-electron chi connectivity index (χ2n) is 7.69. The summed E-state index contributed by atoms with van der Waals surface area (Å²) in [5.41, 5.74) is 2.96. The van der Waals surface area contributed by atoms with Gasteiger partial charge in [0.15, 0.2) is 6.04 Å². The number of carbonyl (C=O) groups is 2. The number of fused-ring (bicyclic) bond motifs is 3. The highest BCUT2D eigenvalue weighted by Crippen LogP contribution is 2.47. The van der Waals surface area contributed by atoms with Gasteiger partial charge in [-0.25, -0.2) is 9.59 Å². The number of hydrogen-bond donors (Lipinski definition) is 1. The van der Waals surface area contributed by atoms with E-state index in [1.165, 1.54) is 12.0 Å². The summed E-state index contributed by atoms with van der Waals surface area (Å²) in [5.74, 6) is -0.678. The van der Waals surface area contributed by atoms with Gasteiger partial charge in [0.2, 0.25) is 0 Å². The predicted molar refractivity (Wildman–Crippen MR) is 105 cm³/mol. The molecule has 0 radical (unpaired) electrons. The Hall–Kier alpha value is -2.86. The maximum absolute atomic E-state index is 12.8. The van der Waals surface area contributed by atoms with Crippen LogP contribution in [0.1, 0.15) is 37.9 Å². The summed E-state index contributed by atoms with van der Waals surface area (Å²) in [7, 11) is 1.26. The third-order valence-electron chi connectivity index (χ3n) is 4.65. The van der Waals surface area contributed by atoms with Crippen LogP contribution in [0, 0.1) is 0 Å². The van der Waals surface area contributed by atoms with Gasteiger partial charge in [0.1, 0.15) is 5.60 Å². The van der Waals surface area contributed by atoms with Crippen molar-refractivity contribution < 1.29 is 24.2 Å². The van der Waals surface area contributed by atoms with Gasteiger partial charge in [0, 0.05) is 0 Å². The molecule has 3 rings (SSSR count). The first kappa shape index (κ1) is 19.9. The molecule has 148 valence electrons. The van der Waals surface area contributed by atoms with Crippen LogP contribution in [-0.2, 0) is 14.3 Å². The van der Waals surface area contributed by atoms with Crippen LogP contribution in [0.25, 0.3) is 11.1 Å². The van der Waals surface area contributed by atoms with Gasteiger partial charge in [-0.2, -0.15) is 0 Å². The van der Waals surface area contributed by atoms with Crippen LogP contribution in [0.5, 0.6) is 0 Å². The molecule has 1 N–H and O–H groups in total. The standard InChI is InChI=1S/C22H25NO5/c1-22(2,3)28-20(25)18(13-24)23(21(26)27-4)19-16-11-7-5-9-14(16)15-10-6-8-12-17(15)19/h5-12,18-19,24H,13H2,1-4H3. The molecule has 0 aromatic heterocycles. The number of nitrogens with zero attached hydrogens (tertiary/aromatic N) is 1. The van der Waals surface area contributed by atoms with Gasteiger partial charge < -0.3 is 14.6 Å². The third kappa shape index (κ3) is 3.60. The van der Waals surface area contributed by atoms with Crippen LogP contribution in [0.4, 0.5) is 4.79 Å². The number of amides is 1. The number of hydrogen-bond acceptors (Lipinski definition) is 5. The average molecular weight is 383 g/mol. The molecule has 6 heteroatoms. The van der Waals surface area contributed by atoms with Gasteiger partial charge in [-0.05, 0) is 43.0 Å². The minimum atomic E-state index is -1.20. The highest BCUT2D eigenvalue weighted by Gasteiger charge is 2.43. The van der Waals surface area contributed by atoms with Gasteiger partial charge in [-0.15, -0.1) is 0 Å². The highest BCUT2D eigenvalue weighted by molar-refractivity contribution is 5.85. The van der Waals surface area contributed by atoms with Crippen molar-refractivity contribution >= 4 is 12.1 Å². The first-order chi connectivity index (χ1) is 13.3. The molecular formula is C22H25NO5. The molecule has 1 aliphatic rings. The van der Waals surface area contributed by atoms with Crippen LogP contribution in [0.15, 0.2) is 48.5 Å². The van der Waals surface area contributed by atoms with Gasteiger partial charge >= 0.3 is 12.1 Å². The minimum absolute atomic E-state index is 0.565. The summed E-state index contributed by atoms with van der Waals surface area (Å²) in [6, 6.07) is 13.6. The number of benzene rings is 2. The zero-order valence-corrected chi connectivity index (χ0v) is 16.5. The lowest BCUT2D eigenvalue weighted by Crippen LogP contribution is -2.51. The van der Waals surface area contributed by atoms with Crippen molar-refractivity contribution in [3.05, 3.63) is 59.7 Å². The summed E-state index contributed by atoms with van der Waals surface area (Å²) < 4.78 is 10.4. The van der Waals surface area contributed by atoms with Crippen LogP contribution in [-0.4, -0.2) is 47.4 Å². The Morgan fingerprint density at radius 2 is 1.54 bits per heavy atom. The Bertz CT molecular complexity index is 841.